The lowest BCUT2D eigenvalue weighted by atomic mass is 9.98. The summed E-state index contributed by atoms with van der Waals surface area (Å²) in [5.74, 6) is 1.69. The highest BCUT2D eigenvalue weighted by molar-refractivity contribution is 5.79. The summed E-state index contributed by atoms with van der Waals surface area (Å²) >= 11 is 0. The van der Waals surface area contributed by atoms with Gasteiger partial charge in [0.05, 0.1) is 18.2 Å². The summed E-state index contributed by atoms with van der Waals surface area (Å²) in [5.41, 5.74) is 2.89. The first-order valence-corrected chi connectivity index (χ1v) is 9.19. The molecule has 136 valence electrons. The standard InChI is InChI=1S/C20H20N6O/c1-13(14-4-5-17-15(11-14)3-2-9-21-17)20-24-23-19-7-6-18(25-26(19)20)22-16-8-10-27-12-16/h2-7,9,11,13,16H,8,10,12H2,1H3,(H,22,25). The van der Waals surface area contributed by atoms with Crippen LogP contribution in [-0.4, -0.2) is 44.1 Å². The molecule has 1 aliphatic heterocycles. The average molecular weight is 360 g/mol. The molecule has 5 rings (SSSR count). The highest BCUT2D eigenvalue weighted by Crippen LogP contribution is 2.26. The minimum absolute atomic E-state index is 0.0576. The average Bonchev–Trinajstić information content (AvgIpc) is 3.36. The van der Waals surface area contributed by atoms with Gasteiger partial charge in [-0.3, -0.25) is 4.98 Å². The van der Waals surface area contributed by atoms with Crippen LogP contribution in [0.5, 0.6) is 0 Å². The summed E-state index contributed by atoms with van der Waals surface area (Å²) in [6, 6.07) is 14.5. The lowest BCUT2D eigenvalue weighted by Gasteiger charge is -2.13. The predicted octanol–water partition coefficient (Wildman–Crippen LogP) is 3.03. The molecule has 4 aromatic rings. The monoisotopic (exact) mass is 360 g/mol. The maximum Gasteiger partial charge on any atom is 0.178 e. The number of hydrogen-bond acceptors (Lipinski definition) is 6. The number of aromatic nitrogens is 5. The van der Waals surface area contributed by atoms with Crippen molar-refractivity contribution in [2.24, 2.45) is 0 Å². The van der Waals surface area contributed by atoms with Crippen molar-refractivity contribution in [3.63, 3.8) is 0 Å². The molecular weight excluding hydrogens is 340 g/mol. The molecule has 27 heavy (non-hydrogen) atoms. The van der Waals surface area contributed by atoms with E-state index in [4.69, 9.17) is 9.84 Å². The molecule has 0 aliphatic carbocycles. The number of ether oxygens (including phenoxy) is 1. The molecule has 1 saturated heterocycles. The Morgan fingerprint density at radius 2 is 2.15 bits per heavy atom. The van der Waals surface area contributed by atoms with Crippen molar-refractivity contribution >= 4 is 22.4 Å². The Morgan fingerprint density at radius 3 is 3.04 bits per heavy atom. The summed E-state index contributed by atoms with van der Waals surface area (Å²) in [5, 5.41) is 18.0. The Bertz CT molecular complexity index is 1100. The van der Waals surface area contributed by atoms with Crippen LogP contribution in [0.4, 0.5) is 5.82 Å². The van der Waals surface area contributed by atoms with Crippen molar-refractivity contribution in [1.29, 1.82) is 0 Å². The van der Waals surface area contributed by atoms with Gasteiger partial charge in [-0.2, -0.15) is 4.52 Å². The first-order valence-electron chi connectivity index (χ1n) is 9.19. The summed E-state index contributed by atoms with van der Waals surface area (Å²) in [7, 11) is 0. The van der Waals surface area contributed by atoms with E-state index in [0.717, 1.165) is 53.4 Å². The fourth-order valence-electron chi connectivity index (χ4n) is 3.52. The van der Waals surface area contributed by atoms with Crippen molar-refractivity contribution in [2.75, 3.05) is 18.5 Å². The van der Waals surface area contributed by atoms with E-state index in [1.807, 2.05) is 35.0 Å². The lowest BCUT2D eigenvalue weighted by molar-refractivity contribution is 0.195. The maximum atomic E-state index is 5.43. The van der Waals surface area contributed by atoms with E-state index in [1.165, 1.54) is 0 Å². The van der Waals surface area contributed by atoms with Gasteiger partial charge in [-0.15, -0.1) is 15.3 Å². The number of nitrogens with one attached hydrogen (secondary N) is 1. The molecule has 2 atom stereocenters. The van der Waals surface area contributed by atoms with Gasteiger partial charge in [0.1, 0.15) is 5.82 Å². The second-order valence-corrected chi connectivity index (χ2v) is 6.93. The Morgan fingerprint density at radius 1 is 1.19 bits per heavy atom. The smallest absolute Gasteiger partial charge is 0.178 e. The minimum Gasteiger partial charge on any atom is -0.379 e. The minimum atomic E-state index is 0.0576. The molecule has 0 radical (unpaired) electrons. The van der Waals surface area contributed by atoms with E-state index in [1.54, 1.807) is 0 Å². The number of benzene rings is 1. The fourth-order valence-corrected chi connectivity index (χ4v) is 3.52. The maximum absolute atomic E-state index is 5.43. The van der Waals surface area contributed by atoms with E-state index in [2.05, 4.69) is 45.6 Å². The predicted molar refractivity (Wildman–Crippen MR) is 103 cm³/mol. The normalized spacial score (nSPS) is 18.2. The Labute approximate surface area is 156 Å². The molecule has 0 saturated carbocycles. The van der Waals surface area contributed by atoms with Crippen molar-refractivity contribution in [1.82, 2.24) is 24.8 Å². The van der Waals surface area contributed by atoms with Crippen molar-refractivity contribution in [3.8, 4) is 0 Å². The van der Waals surface area contributed by atoms with Gasteiger partial charge in [0.25, 0.3) is 0 Å². The van der Waals surface area contributed by atoms with Crippen molar-refractivity contribution in [2.45, 2.75) is 25.3 Å². The zero-order valence-corrected chi connectivity index (χ0v) is 15.0. The molecule has 0 bridgehead atoms. The lowest BCUT2D eigenvalue weighted by Crippen LogP contribution is -2.20. The highest BCUT2D eigenvalue weighted by Gasteiger charge is 2.19. The van der Waals surface area contributed by atoms with Gasteiger partial charge in [-0.05, 0) is 42.3 Å². The third-order valence-electron chi connectivity index (χ3n) is 5.08. The van der Waals surface area contributed by atoms with Crippen LogP contribution in [0.3, 0.4) is 0 Å². The topological polar surface area (TPSA) is 77.2 Å². The number of nitrogens with zero attached hydrogens (tertiary/aromatic N) is 5. The third-order valence-corrected chi connectivity index (χ3v) is 5.08. The number of hydrogen-bond donors (Lipinski definition) is 1. The number of rotatable bonds is 4. The molecule has 2 unspecified atom stereocenters. The Kier molecular flexibility index (Phi) is 3.94. The SMILES string of the molecule is CC(c1ccc2ncccc2c1)c1nnc2ccc(NC3CCOC3)nn12. The number of pyridine rings is 1. The molecule has 1 aromatic carbocycles. The van der Waals surface area contributed by atoms with E-state index >= 15 is 0 Å². The van der Waals surface area contributed by atoms with Crippen molar-refractivity contribution in [3.05, 3.63) is 60.0 Å². The molecule has 4 heterocycles. The Balaban J connectivity index is 1.50. The Hall–Kier alpha value is -3.06. The second-order valence-electron chi connectivity index (χ2n) is 6.93. The first-order chi connectivity index (χ1) is 13.3. The van der Waals surface area contributed by atoms with Crippen LogP contribution in [0.2, 0.25) is 0 Å². The van der Waals surface area contributed by atoms with Crippen LogP contribution in [-0.2, 0) is 4.74 Å². The molecule has 0 spiro atoms. The number of fused-ring (bicyclic) bond motifs is 2. The van der Waals surface area contributed by atoms with Gasteiger partial charge in [-0.25, -0.2) is 0 Å². The van der Waals surface area contributed by atoms with Gasteiger partial charge < -0.3 is 10.1 Å². The molecule has 1 fully saturated rings. The quantitative estimate of drug-likeness (QED) is 0.603. The van der Waals surface area contributed by atoms with Gasteiger partial charge in [-0.1, -0.05) is 19.1 Å². The van der Waals surface area contributed by atoms with Crippen molar-refractivity contribution < 1.29 is 4.74 Å². The molecule has 7 nitrogen and oxygen atoms in total. The summed E-state index contributed by atoms with van der Waals surface area (Å²) in [6.45, 7) is 3.64. The molecule has 3 aromatic heterocycles. The summed E-state index contributed by atoms with van der Waals surface area (Å²) < 4.78 is 7.26. The van der Waals surface area contributed by atoms with E-state index in [0.29, 0.717) is 6.04 Å². The number of anilines is 1. The molecular formula is C20H20N6O. The zero-order valence-electron chi connectivity index (χ0n) is 15.0. The molecule has 1 N–H and O–H groups in total. The zero-order chi connectivity index (χ0) is 18.2. The van der Waals surface area contributed by atoms with Crippen LogP contribution in [0.15, 0.2) is 48.7 Å². The summed E-state index contributed by atoms with van der Waals surface area (Å²) in [6.07, 6.45) is 2.81. The van der Waals surface area contributed by atoms with Crippen LogP contribution in [0.1, 0.15) is 30.7 Å². The molecule has 0 amide bonds. The molecule has 7 heteroatoms. The molecule has 1 aliphatic rings. The van der Waals surface area contributed by atoms with E-state index in [9.17, 15) is 0 Å². The highest BCUT2D eigenvalue weighted by atomic mass is 16.5. The third kappa shape index (κ3) is 3.00. The largest absolute Gasteiger partial charge is 0.379 e. The first kappa shape index (κ1) is 16.1. The summed E-state index contributed by atoms with van der Waals surface area (Å²) in [4.78, 5) is 4.39. The van der Waals surface area contributed by atoms with Gasteiger partial charge >= 0.3 is 0 Å². The van der Waals surface area contributed by atoms with Crippen LogP contribution in [0.25, 0.3) is 16.6 Å². The van der Waals surface area contributed by atoms with Crippen LogP contribution < -0.4 is 5.32 Å². The fraction of sp³-hybridized carbons (Fsp3) is 0.300. The van der Waals surface area contributed by atoms with E-state index in [-0.39, 0.29) is 5.92 Å². The van der Waals surface area contributed by atoms with Gasteiger partial charge in [0.15, 0.2) is 11.5 Å². The van der Waals surface area contributed by atoms with Crippen LogP contribution >= 0.6 is 0 Å². The van der Waals surface area contributed by atoms with Gasteiger partial charge in [0.2, 0.25) is 0 Å². The van der Waals surface area contributed by atoms with Crippen LogP contribution in [0, 0.1) is 0 Å². The second kappa shape index (κ2) is 6.59. The van der Waals surface area contributed by atoms with E-state index < -0.39 is 0 Å². The van der Waals surface area contributed by atoms with Gasteiger partial charge in [0, 0.05) is 24.1 Å².